The molecule has 0 saturated carbocycles. The van der Waals surface area contributed by atoms with Crippen LogP contribution >= 0.6 is 0 Å². The van der Waals surface area contributed by atoms with E-state index in [-0.39, 0.29) is 17.8 Å². The molecule has 2 atom stereocenters. The molecule has 3 aliphatic rings. The number of hydrogen-bond acceptors (Lipinski definition) is 8. The minimum atomic E-state index is -0.0389. The summed E-state index contributed by atoms with van der Waals surface area (Å²) in [7, 11) is 0. The monoisotopic (exact) mass is 556 g/mol. The van der Waals surface area contributed by atoms with Crippen molar-refractivity contribution in [3.05, 3.63) is 60.3 Å². The van der Waals surface area contributed by atoms with Crippen LogP contribution < -0.4 is 14.5 Å². The second-order valence-corrected chi connectivity index (χ2v) is 11.7. The van der Waals surface area contributed by atoms with Crippen molar-refractivity contribution in [2.45, 2.75) is 39.3 Å². The molecule has 6 rings (SSSR count). The van der Waals surface area contributed by atoms with E-state index in [4.69, 9.17) is 14.7 Å². The number of aromatic nitrogens is 2. The van der Waals surface area contributed by atoms with Gasteiger partial charge in [-0.2, -0.15) is 9.97 Å². The van der Waals surface area contributed by atoms with Crippen LogP contribution in [0.1, 0.15) is 31.5 Å². The lowest BCUT2D eigenvalue weighted by atomic mass is 10.0. The Morgan fingerprint density at radius 1 is 1.12 bits per heavy atom. The highest BCUT2D eigenvalue weighted by Crippen LogP contribution is 2.36. The van der Waals surface area contributed by atoms with Crippen LogP contribution in [0.25, 0.3) is 10.8 Å². The van der Waals surface area contributed by atoms with Crippen LogP contribution in [0.5, 0.6) is 11.8 Å². The number of benzene rings is 2. The van der Waals surface area contributed by atoms with Gasteiger partial charge in [0.05, 0.1) is 12.2 Å². The maximum Gasteiger partial charge on any atom is 0.318 e. The van der Waals surface area contributed by atoms with Crippen LogP contribution in [0.15, 0.2) is 49.1 Å². The first-order valence-electron chi connectivity index (χ1n) is 14.8. The number of phenols is 1. The Kier molecular flexibility index (Phi) is 7.71. The predicted molar refractivity (Wildman–Crippen MR) is 162 cm³/mol. The van der Waals surface area contributed by atoms with Gasteiger partial charge < -0.3 is 24.5 Å². The van der Waals surface area contributed by atoms with E-state index in [1.165, 1.54) is 12.5 Å². The summed E-state index contributed by atoms with van der Waals surface area (Å²) in [6.45, 7) is 15.1. The molecule has 4 heterocycles. The van der Waals surface area contributed by atoms with E-state index in [1.54, 1.807) is 0 Å². The zero-order valence-electron chi connectivity index (χ0n) is 24.1. The molecule has 2 aromatic carbocycles. The summed E-state index contributed by atoms with van der Waals surface area (Å²) in [5.41, 5.74) is 3.10. The van der Waals surface area contributed by atoms with Gasteiger partial charge >= 0.3 is 6.01 Å². The smallest absolute Gasteiger partial charge is 0.318 e. The third-order valence-electron chi connectivity index (χ3n) is 8.58. The summed E-state index contributed by atoms with van der Waals surface area (Å²) < 4.78 is 6.39. The number of hydrogen-bond donors (Lipinski definition) is 1. The van der Waals surface area contributed by atoms with Gasteiger partial charge in [0.15, 0.2) is 0 Å². The van der Waals surface area contributed by atoms with Gasteiger partial charge in [-0.3, -0.25) is 9.69 Å². The van der Waals surface area contributed by atoms with Crippen molar-refractivity contribution in [2.75, 3.05) is 62.2 Å². The van der Waals surface area contributed by atoms with Gasteiger partial charge in [-0.05, 0) is 49.8 Å². The average Bonchev–Trinajstić information content (AvgIpc) is 3.39. The van der Waals surface area contributed by atoms with Crippen LogP contribution in [0.4, 0.5) is 11.5 Å². The lowest BCUT2D eigenvalue weighted by molar-refractivity contribution is -0.126. The third-order valence-corrected chi connectivity index (χ3v) is 8.58. The molecule has 1 N–H and O–H groups in total. The first-order valence-corrected chi connectivity index (χ1v) is 14.8. The number of ether oxygens (including phenoxy) is 1. The average molecular weight is 557 g/mol. The predicted octanol–water partition coefficient (Wildman–Crippen LogP) is 3.84. The summed E-state index contributed by atoms with van der Waals surface area (Å²) in [5.74, 6) is 1.87. The number of nitrogens with zero attached hydrogens (tertiary/aromatic N) is 6. The molecule has 41 heavy (non-hydrogen) atoms. The molecule has 3 aliphatic heterocycles. The largest absolute Gasteiger partial charge is 0.508 e. The van der Waals surface area contributed by atoms with Gasteiger partial charge in [0, 0.05) is 68.5 Å². The number of anilines is 2. The quantitative estimate of drug-likeness (QED) is 0.440. The number of amides is 1. The van der Waals surface area contributed by atoms with E-state index in [1.807, 2.05) is 35.2 Å². The fraction of sp³-hybridized carbons (Fsp3) is 0.469. The summed E-state index contributed by atoms with van der Waals surface area (Å²) in [6, 6.07) is 12.2. The molecular weight excluding hydrogens is 516 g/mol. The standard InChI is InChI=1S/C32H40N6O3/c1-4-30(40)36-13-15-37(16-14-36)31-27-10-12-38(29-18-25(39)17-24-7-5-6-8-26(24)29)21-28(27)33-32(34-31)41-23(3)20-35-11-9-22(2)19-35/h4-8,17-18,22-23,39H,1,9-16,19-21H2,2-3H3/t22-,23+/m0/s1. The SMILES string of the molecule is C=CC(=O)N1CCN(c2nc(O[C@H](C)CN3CC[C@H](C)C3)nc3c2CCN(c2cc(O)cc4ccccc24)C3)CC1. The Balaban J connectivity index is 1.29. The zero-order chi connectivity index (χ0) is 28.5. The van der Waals surface area contributed by atoms with Gasteiger partial charge in [0.1, 0.15) is 17.7 Å². The van der Waals surface area contributed by atoms with Crippen molar-refractivity contribution in [1.29, 1.82) is 0 Å². The molecule has 0 aliphatic carbocycles. The van der Waals surface area contributed by atoms with Crippen molar-refractivity contribution < 1.29 is 14.6 Å². The van der Waals surface area contributed by atoms with Crippen LogP contribution in [0.3, 0.4) is 0 Å². The molecule has 9 nitrogen and oxygen atoms in total. The number of likely N-dealkylation sites (tertiary alicyclic amines) is 1. The molecule has 0 spiro atoms. The maximum atomic E-state index is 12.2. The highest BCUT2D eigenvalue weighted by atomic mass is 16.5. The summed E-state index contributed by atoms with van der Waals surface area (Å²) >= 11 is 0. The Labute approximate surface area is 242 Å². The van der Waals surface area contributed by atoms with E-state index in [0.29, 0.717) is 38.7 Å². The van der Waals surface area contributed by atoms with Gasteiger partial charge in [-0.25, -0.2) is 0 Å². The normalized spacial score (nSPS) is 20.2. The Morgan fingerprint density at radius 2 is 1.93 bits per heavy atom. The second kappa shape index (κ2) is 11.6. The Hall–Kier alpha value is -3.85. The number of carbonyl (C=O) groups excluding carboxylic acids is 1. The first kappa shape index (κ1) is 27.3. The van der Waals surface area contributed by atoms with Crippen molar-refractivity contribution in [2.24, 2.45) is 5.92 Å². The van der Waals surface area contributed by atoms with E-state index in [2.05, 4.69) is 41.2 Å². The number of carbonyl (C=O) groups is 1. The Morgan fingerprint density at radius 3 is 2.68 bits per heavy atom. The molecule has 3 aromatic rings. The number of piperazine rings is 1. The van der Waals surface area contributed by atoms with Crippen LogP contribution in [0.2, 0.25) is 0 Å². The molecule has 0 bridgehead atoms. The molecule has 2 fully saturated rings. The molecule has 1 aromatic heterocycles. The van der Waals surface area contributed by atoms with Crippen LogP contribution in [0, 0.1) is 5.92 Å². The molecule has 2 saturated heterocycles. The van der Waals surface area contributed by atoms with Crippen molar-refractivity contribution in [3.63, 3.8) is 0 Å². The number of aromatic hydroxyl groups is 1. The van der Waals surface area contributed by atoms with Crippen molar-refractivity contribution >= 4 is 28.2 Å². The third kappa shape index (κ3) is 5.81. The number of fused-ring (bicyclic) bond motifs is 2. The van der Waals surface area contributed by atoms with E-state index in [0.717, 1.165) is 72.1 Å². The van der Waals surface area contributed by atoms with Crippen molar-refractivity contribution in [3.8, 4) is 11.8 Å². The van der Waals surface area contributed by atoms with Gasteiger partial charge in [0.2, 0.25) is 5.91 Å². The van der Waals surface area contributed by atoms with Crippen molar-refractivity contribution in [1.82, 2.24) is 19.8 Å². The molecule has 9 heteroatoms. The lowest BCUT2D eigenvalue weighted by Gasteiger charge is -2.38. The summed E-state index contributed by atoms with van der Waals surface area (Å²) in [6.07, 6.45) is 3.35. The maximum absolute atomic E-state index is 12.2. The first-order chi connectivity index (χ1) is 19.9. The fourth-order valence-corrected chi connectivity index (χ4v) is 6.49. The summed E-state index contributed by atoms with van der Waals surface area (Å²) in [4.78, 5) is 31.0. The highest BCUT2D eigenvalue weighted by molar-refractivity contribution is 5.95. The number of rotatable bonds is 7. The molecule has 1 amide bonds. The minimum absolute atomic E-state index is 0.0302. The number of phenolic OH excluding ortho intramolecular Hbond substituents is 1. The van der Waals surface area contributed by atoms with Gasteiger partial charge in [0.25, 0.3) is 0 Å². The van der Waals surface area contributed by atoms with E-state index in [9.17, 15) is 9.90 Å². The molecular formula is C32H40N6O3. The molecule has 0 unspecified atom stereocenters. The lowest BCUT2D eigenvalue weighted by Crippen LogP contribution is -2.49. The minimum Gasteiger partial charge on any atom is -0.508 e. The fourth-order valence-electron chi connectivity index (χ4n) is 6.49. The highest BCUT2D eigenvalue weighted by Gasteiger charge is 2.30. The van der Waals surface area contributed by atoms with Gasteiger partial charge in [-0.1, -0.05) is 37.8 Å². The molecule has 216 valence electrons. The van der Waals surface area contributed by atoms with E-state index >= 15 is 0 Å². The van der Waals surface area contributed by atoms with Crippen LogP contribution in [-0.2, 0) is 17.8 Å². The Bertz CT molecular complexity index is 1440. The zero-order valence-corrected chi connectivity index (χ0v) is 24.1. The van der Waals surface area contributed by atoms with Gasteiger partial charge in [-0.15, -0.1) is 0 Å². The summed E-state index contributed by atoms with van der Waals surface area (Å²) in [5, 5.41) is 12.6. The second-order valence-electron chi connectivity index (χ2n) is 11.7. The van der Waals surface area contributed by atoms with E-state index < -0.39 is 0 Å². The molecule has 0 radical (unpaired) electrons. The topological polar surface area (TPSA) is 85.3 Å². The van der Waals surface area contributed by atoms with Crippen LogP contribution in [-0.4, -0.2) is 89.2 Å².